The van der Waals surface area contributed by atoms with Gasteiger partial charge in [0.05, 0.1) is 11.3 Å². The highest BCUT2D eigenvalue weighted by Gasteiger charge is 2.11. The van der Waals surface area contributed by atoms with Crippen LogP contribution in [0.4, 0.5) is 11.4 Å². The number of anilines is 2. The molecule has 0 aliphatic heterocycles. The van der Waals surface area contributed by atoms with Gasteiger partial charge in [0.1, 0.15) is 0 Å². The van der Waals surface area contributed by atoms with E-state index in [2.05, 4.69) is 5.32 Å². The topological polar surface area (TPSA) is 110 Å². The summed E-state index contributed by atoms with van der Waals surface area (Å²) in [6, 6.07) is 10.1. The van der Waals surface area contributed by atoms with Gasteiger partial charge in [-0.2, -0.15) is 0 Å². The van der Waals surface area contributed by atoms with Crippen LogP contribution >= 0.6 is 0 Å². The molecule has 0 radical (unpaired) electrons. The summed E-state index contributed by atoms with van der Waals surface area (Å²) in [5.74, 6) is -1.43. The molecule has 0 saturated heterocycles. The smallest absolute Gasteiger partial charge is 0.335 e. The Hall–Kier alpha value is -2.90. The van der Waals surface area contributed by atoms with Gasteiger partial charge in [-0.1, -0.05) is 0 Å². The van der Waals surface area contributed by atoms with E-state index in [1.54, 1.807) is 6.92 Å². The number of amides is 1. The van der Waals surface area contributed by atoms with Crippen LogP contribution in [-0.4, -0.2) is 27.4 Å². The van der Waals surface area contributed by atoms with Crippen molar-refractivity contribution in [2.75, 3.05) is 10.5 Å². The molecule has 0 spiro atoms. The fourth-order valence-corrected chi connectivity index (χ4v) is 1.92. The minimum absolute atomic E-state index is 0.0123. The summed E-state index contributed by atoms with van der Waals surface area (Å²) in [6.07, 6.45) is 0. The molecule has 0 unspecified atom stereocenters. The Bertz CT molecular complexity index is 710. The van der Waals surface area contributed by atoms with Crippen LogP contribution in [0.25, 0.3) is 0 Å². The van der Waals surface area contributed by atoms with Crippen molar-refractivity contribution in [1.29, 1.82) is 0 Å². The van der Waals surface area contributed by atoms with Crippen LogP contribution in [-0.2, 0) is 0 Å². The van der Waals surface area contributed by atoms with E-state index >= 15 is 0 Å². The molecule has 0 aliphatic rings. The second-order valence-electron chi connectivity index (χ2n) is 4.63. The van der Waals surface area contributed by atoms with Crippen LogP contribution in [0.5, 0.6) is 0 Å². The lowest BCUT2D eigenvalue weighted by Crippen LogP contribution is -2.15. The van der Waals surface area contributed by atoms with Gasteiger partial charge in [-0.25, -0.2) is 4.79 Å². The molecule has 7 nitrogen and oxygen atoms in total. The Morgan fingerprint density at radius 3 is 2.09 bits per heavy atom. The predicted molar refractivity (Wildman–Crippen MR) is 78.6 cm³/mol. The lowest BCUT2D eigenvalue weighted by Gasteiger charge is -2.12. The number of rotatable bonds is 4. The van der Waals surface area contributed by atoms with Crippen LogP contribution in [0.2, 0.25) is 0 Å². The fourth-order valence-electron chi connectivity index (χ4n) is 1.92. The summed E-state index contributed by atoms with van der Waals surface area (Å²) in [6.45, 7) is 1.63. The van der Waals surface area contributed by atoms with Gasteiger partial charge < -0.3 is 10.4 Å². The highest BCUT2D eigenvalue weighted by atomic mass is 16.8. The maximum atomic E-state index is 12.1. The van der Waals surface area contributed by atoms with Gasteiger partial charge >= 0.3 is 5.97 Å². The van der Waals surface area contributed by atoms with Crippen molar-refractivity contribution in [3.63, 3.8) is 0 Å². The third-order valence-corrected chi connectivity index (χ3v) is 3.06. The Balaban J connectivity index is 2.15. The van der Waals surface area contributed by atoms with Crippen molar-refractivity contribution in [2.24, 2.45) is 0 Å². The van der Waals surface area contributed by atoms with E-state index in [-0.39, 0.29) is 22.4 Å². The van der Waals surface area contributed by atoms with Crippen LogP contribution < -0.4 is 10.5 Å². The zero-order valence-electron chi connectivity index (χ0n) is 11.6. The largest absolute Gasteiger partial charge is 0.478 e. The molecule has 2 aromatic rings. The van der Waals surface area contributed by atoms with Crippen LogP contribution in [0.3, 0.4) is 0 Å². The van der Waals surface area contributed by atoms with E-state index in [4.69, 9.17) is 15.5 Å². The highest BCUT2D eigenvalue weighted by Crippen LogP contribution is 2.19. The molecular weight excluding hydrogens is 288 g/mol. The van der Waals surface area contributed by atoms with Gasteiger partial charge in [-0.15, -0.1) is 5.23 Å². The van der Waals surface area contributed by atoms with Crippen molar-refractivity contribution in [2.45, 2.75) is 6.92 Å². The van der Waals surface area contributed by atoms with Gasteiger partial charge in [0.15, 0.2) is 0 Å². The Morgan fingerprint density at radius 1 is 1.00 bits per heavy atom. The number of hydrogen-bond donors (Lipinski definition) is 4. The maximum Gasteiger partial charge on any atom is 0.335 e. The van der Waals surface area contributed by atoms with E-state index in [1.165, 1.54) is 42.5 Å². The third kappa shape index (κ3) is 3.40. The van der Waals surface area contributed by atoms with Gasteiger partial charge in [0.2, 0.25) is 0 Å². The zero-order valence-corrected chi connectivity index (χ0v) is 11.6. The standard InChI is InChI=1S/C15H14N2O5/c1-9-8-11(4-7-13(9)17(21)22)14(18)16-12-5-2-10(3-6-12)15(19)20/h2-8,21-22H,1H3,(H,16,18)(H,19,20). The molecule has 0 aromatic heterocycles. The van der Waals surface area contributed by atoms with E-state index in [0.717, 1.165) is 0 Å². The predicted octanol–water partition coefficient (Wildman–Crippen LogP) is 2.53. The van der Waals surface area contributed by atoms with Crippen LogP contribution in [0, 0.1) is 6.92 Å². The number of aromatic carboxylic acids is 1. The molecular formula is C15H14N2O5. The first-order valence-electron chi connectivity index (χ1n) is 6.31. The molecule has 0 aliphatic carbocycles. The van der Waals surface area contributed by atoms with Crippen molar-refractivity contribution in [3.8, 4) is 0 Å². The second-order valence-corrected chi connectivity index (χ2v) is 4.63. The van der Waals surface area contributed by atoms with E-state index in [0.29, 0.717) is 16.8 Å². The fraction of sp³-hybridized carbons (Fsp3) is 0.0667. The lowest BCUT2D eigenvalue weighted by molar-refractivity contribution is 0.0288. The number of hydrogen-bond acceptors (Lipinski definition) is 5. The molecule has 4 N–H and O–H groups in total. The first-order valence-corrected chi connectivity index (χ1v) is 6.31. The number of nitrogens with zero attached hydrogens (tertiary/aromatic N) is 1. The Labute approximate surface area is 126 Å². The lowest BCUT2D eigenvalue weighted by atomic mass is 10.1. The second kappa shape index (κ2) is 6.25. The first-order chi connectivity index (χ1) is 10.4. The molecule has 0 saturated carbocycles. The Morgan fingerprint density at radius 2 is 1.59 bits per heavy atom. The third-order valence-electron chi connectivity index (χ3n) is 3.06. The highest BCUT2D eigenvalue weighted by molar-refractivity contribution is 6.04. The number of benzene rings is 2. The molecule has 2 rings (SSSR count). The summed E-state index contributed by atoms with van der Waals surface area (Å²) >= 11 is 0. The minimum Gasteiger partial charge on any atom is -0.478 e. The number of carbonyl (C=O) groups excluding carboxylic acids is 1. The summed E-state index contributed by atoms with van der Waals surface area (Å²) < 4.78 is 0. The minimum atomic E-state index is -1.04. The average Bonchev–Trinajstić information content (AvgIpc) is 2.47. The zero-order chi connectivity index (χ0) is 16.3. The monoisotopic (exact) mass is 302 g/mol. The number of carboxylic acid groups (broad SMARTS) is 1. The summed E-state index contributed by atoms with van der Waals surface area (Å²) in [5, 5.41) is 29.4. The van der Waals surface area contributed by atoms with Gasteiger partial charge in [0.25, 0.3) is 5.91 Å². The first kappa shape index (κ1) is 15.5. The molecule has 0 heterocycles. The summed E-state index contributed by atoms with van der Waals surface area (Å²) in [5.41, 5.74) is 1.61. The summed E-state index contributed by atoms with van der Waals surface area (Å²) in [4.78, 5) is 22.8. The van der Waals surface area contributed by atoms with E-state index < -0.39 is 5.97 Å². The quantitative estimate of drug-likeness (QED) is 0.646. The number of carboxylic acids is 1. The van der Waals surface area contributed by atoms with Crippen molar-refractivity contribution in [1.82, 2.24) is 0 Å². The molecule has 0 bridgehead atoms. The number of carbonyl (C=O) groups is 2. The van der Waals surface area contributed by atoms with Gasteiger partial charge in [0, 0.05) is 11.3 Å². The van der Waals surface area contributed by atoms with Crippen molar-refractivity contribution in [3.05, 3.63) is 59.2 Å². The normalized spacial score (nSPS) is 10.1. The molecule has 114 valence electrons. The van der Waals surface area contributed by atoms with Crippen LogP contribution in [0.1, 0.15) is 26.3 Å². The number of nitrogens with one attached hydrogen (secondary N) is 1. The summed E-state index contributed by atoms with van der Waals surface area (Å²) in [7, 11) is 0. The molecule has 1 amide bonds. The van der Waals surface area contributed by atoms with E-state index in [1.807, 2.05) is 0 Å². The molecule has 2 aromatic carbocycles. The Kier molecular flexibility index (Phi) is 4.40. The van der Waals surface area contributed by atoms with Gasteiger partial charge in [-0.05, 0) is 55.0 Å². The van der Waals surface area contributed by atoms with Gasteiger partial charge in [-0.3, -0.25) is 15.2 Å². The van der Waals surface area contributed by atoms with E-state index in [9.17, 15) is 9.59 Å². The maximum absolute atomic E-state index is 12.1. The van der Waals surface area contributed by atoms with Crippen molar-refractivity contribution >= 4 is 23.3 Å². The van der Waals surface area contributed by atoms with Crippen LogP contribution in [0.15, 0.2) is 42.5 Å². The SMILES string of the molecule is Cc1cc(C(=O)Nc2ccc(C(=O)O)cc2)ccc1N(O)O. The average molecular weight is 302 g/mol. The van der Waals surface area contributed by atoms with Crippen molar-refractivity contribution < 1.29 is 25.1 Å². The molecule has 0 fully saturated rings. The molecule has 0 atom stereocenters. The number of aryl methyl sites for hydroxylation is 1. The molecule has 22 heavy (non-hydrogen) atoms. The molecule has 7 heteroatoms.